The van der Waals surface area contributed by atoms with E-state index in [-0.39, 0.29) is 12.5 Å². The fraction of sp³-hybridized carbons (Fsp3) is 0.316. The zero-order valence-corrected chi connectivity index (χ0v) is 14.3. The van der Waals surface area contributed by atoms with E-state index in [9.17, 15) is 4.79 Å². The molecule has 0 fully saturated rings. The van der Waals surface area contributed by atoms with Crippen molar-refractivity contribution in [1.29, 1.82) is 0 Å². The third-order valence-electron chi connectivity index (χ3n) is 3.80. The quantitative estimate of drug-likeness (QED) is 0.808. The molecule has 0 aliphatic heterocycles. The largest absolute Gasteiger partial charge is 0.483 e. The van der Waals surface area contributed by atoms with Gasteiger partial charge in [0.05, 0.1) is 0 Å². The molecular formula is C19H22ClNO2. The second kappa shape index (κ2) is 8.59. The van der Waals surface area contributed by atoms with Crippen LogP contribution in [0.15, 0.2) is 48.5 Å². The lowest BCUT2D eigenvalue weighted by atomic mass is 9.98. The summed E-state index contributed by atoms with van der Waals surface area (Å²) in [5, 5.41) is 3.50. The summed E-state index contributed by atoms with van der Waals surface area (Å²) in [7, 11) is 0. The summed E-state index contributed by atoms with van der Waals surface area (Å²) in [6, 6.07) is 15.3. The molecule has 23 heavy (non-hydrogen) atoms. The minimum absolute atomic E-state index is 0.00795. The highest BCUT2D eigenvalue weighted by atomic mass is 35.5. The van der Waals surface area contributed by atoms with Crippen molar-refractivity contribution in [2.45, 2.75) is 32.7 Å². The maximum Gasteiger partial charge on any atom is 0.258 e. The summed E-state index contributed by atoms with van der Waals surface area (Å²) in [5.41, 5.74) is 2.10. The van der Waals surface area contributed by atoms with Gasteiger partial charge in [0, 0.05) is 11.6 Å². The number of ether oxygens (including phenoxy) is 1. The molecule has 2 rings (SSSR count). The average Bonchev–Trinajstić information content (AvgIpc) is 2.57. The Hall–Kier alpha value is -2.00. The van der Waals surface area contributed by atoms with Crippen LogP contribution in [0.2, 0.25) is 5.02 Å². The van der Waals surface area contributed by atoms with Crippen LogP contribution in [0, 0.1) is 0 Å². The number of hydrogen-bond donors (Lipinski definition) is 1. The fourth-order valence-corrected chi connectivity index (χ4v) is 2.49. The van der Waals surface area contributed by atoms with E-state index in [0.717, 1.165) is 23.3 Å². The molecule has 4 heteroatoms. The lowest BCUT2D eigenvalue weighted by molar-refractivity contribution is -0.123. The first-order chi connectivity index (χ1) is 11.1. The lowest BCUT2D eigenvalue weighted by Crippen LogP contribution is -2.28. The highest BCUT2D eigenvalue weighted by Crippen LogP contribution is 2.28. The average molecular weight is 332 g/mol. The number of carbonyl (C=O) groups is 1. The number of benzene rings is 2. The van der Waals surface area contributed by atoms with Gasteiger partial charge in [0.25, 0.3) is 5.91 Å². The molecule has 122 valence electrons. The molecule has 0 aliphatic carbocycles. The minimum Gasteiger partial charge on any atom is -0.483 e. The Bertz CT molecular complexity index is 657. The molecule has 1 unspecified atom stereocenters. The number of hydrogen-bond acceptors (Lipinski definition) is 2. The molecule has 0 radical (unpaired) electrons. The van der Waals surface area contributed by atoms with E-state index in [4.69, 9.17) is 16.3 Å². The third kappa shape index (κ3) is 5.29. The van der Waals surface area contributed by atoms with Gasteiger partial charge in [0.2, 0.25) is 0 Å². The zero-order chi connectivity index (χ0) is 16.7. The number of halogens is 1. The van der Waals surface area contributed by atoms with Gasteiger partial charge in [-0.1, -0.05) is 55.8 Å². The number of amides is 1. The number of para-hydroxylation sites is 1. The Balaban J connectivity index is 1.87. The summed E-state index contributed by atoms with van der Waals surface area (Å²) in [5.74, 6) is 1.03. The summed E-state index contributed by atoms with van der Waals surface area (Å²) < 4.78 is 5.70. The van der Waals surface area contributed by atoms with E-state index in [0.29, 0.717) is 17.5 Å². The maximum atomic E-state index is 12.0. The predicted molar refractivity (Wildman–Crippen MR) is 93.9 cm³/mol. The van der Waals surface area contributed by atoms with Gasteiger partial charge in [-0.2, -0.15) is 0 Å². The van der Waals surface area contributed by atoms with Crippen molar-refractivity contribution in [3.05, 3.63) is 64.7 Å². The Morgan fingerprint density at radius 1 is 1.22 bits per heavy atom. The van der Waals surface area contributed by atoms with Crippen LogP contribution >= 0.6 is 11.6 Å². The molecule has 0 aliphatic rings. The molecule has 0 bridgehead atoms. The zero-order valence-electron chi connectivity index (χ0n) is 13.5. The van der Waals surface area contributed by atoms with Crippen molar-refractivity contribution < 1.29 is 9.53 Å². The van der Waals surface area contributed by atoms with E-state index < -0.39 is 0 Å². The van der Waals surface area contributed by atoms with Gasteiger partial charge in [0.15, 0.2) is 6.61 Å². The second-order valence-corrected chi connectivity index (χ2v) is 5.98. The minimum atomic E-state index is -0.149. The van der Waals surface area contributed by atoms with Gasteiger partial charge in [0.1, 0.15) is 5.75 Å². The van der Waals surface area contributed by atoms with Crippen molar-refractivity contribution in [3.63, 3.8) is 0 Å². The van der Waals surface area contributed by atoms with E-state index in [1.807, 2.05) is 48.5 Å². The monoisotopic (exact) mass is 331 g/mol. The highest BCUT2D eigenvalue weighted by molar-refractivity contribution is 6.30. The van der Waals surface area contributed by atoms with Crippen molar-refractivity contribution >= 4 is 17.5 Å². The topological polar surface area (TPSA) is 38.3 Å². The molecule has 0 saturated carbocycles. The number of rotatable bonds is 7. The van der Waals surface area contributed by atoms with Crippen LogP contribution in [0.25, 0.3) is 0 Å². The van der Waals surface area contributed by atoms with Crippen molar-refractivity contribution in [2.75, 3.05) is 6.61 Å². The summed E-state index contributed by atoms with van der Waals surface area (Å²) in [6.45, 7) is 4.74. The molecule has 3 nitrogen and oxygen atoms in total. The van der Waals surface area contributed by atoms with Crippen LogP contribution in [0.3, 0.4) is 0 Å². The highest BCUT2D eigenvalue weighted by Gasteiger charge is 2.11. The van der Waals surface area contributed by atoms with Gasteiger partial charge in [-0.3, -0.25) is 4.79 Å². The van der Waals surface area contributed by atoms with E-state index in [1.54, 1.807) is 0 Å². The first-order valence-corrected chi connectivity index (χ1v) is 8.20. The van der Waals surface area contributed by atoms with Gasteiger partial charge in [-0.05, 0) is 41.7 Å². The molecule has 2 aromatic rings. The number of nitrogens with one attached hydrogen (secondary N) is 1. The lowest BCUT2D eigenvalue weighted by Gasteiger charge is -2.15. The summed E-state index contributed by atoms with van der Waals surface area (Å²) in [6.07, 6.45) is 1.03. The van der Waals surface area contributed by atoms with Gasteiger partial charge < -0.3 is 10.1 Å². The van der Waals surface area contributed by atoms with Crippen LogP contribution in [0.5, 0.6) is 5.75 Å². The van der Waals surface area contributed by atoms with E-state index >= 15 is 0 Å². The van der Waals surface area contributed by atoms with E-state index in [1.165, 1.54) is 0 Å². The van der Waals surface area contributed by atoms with Crippen LogP contribution in [-0.4, -0.2) is 12.5 Å². The van der Waals surface area contributed by atoms with Crippen LogP contribution < -0.4 is 10.1 Å². The molecule has 1 amide bonds. The molecule has 0 spiro atoms. The maximum absolute atomic E-state index is 12.0. The first-order valence-electron chi connectivity index (χ1n) is 7.83. The van der Waals surface area contributed by atoms with Crippen molar-refractivity contribution in [3.8, 4) is 5.75 Å². The Labute approximate surface area is 142 Å². The van der Waals surface area contributed by atoms with E-state index in [2.05, 4.69) is 19.2 Å². The van der Waals surface area contributed by atoms with Crippen molar-refractivity contribution in [2.24, 2.45) is 0 Å². The smallest absolute Gasteiger partial charge is 0.258 e. The molecule has 1 atom stereocenters. The van der Waals surface area contributed by atoms with Crippen molar-refractivity contribution in [1.82, 2.24) is 5.32 Å². The van der Waals surface area contributed by atoms with Crippen LogP contribution in [0.1, 0.15) is 37.3 Å². The Morgan fingerprint density at radius 2 is 2.00 bits per heavy atom. The molecule has 1 N–H and O–H groups in total. The summed E-state index contributed by atoms with van der Waals surface area (Å²) in [4.78, 5) is 12.0. The Kier molecular flexibility index (Phi) is 6.48. The molecule has 0 heterocycles. The molecular weight excluding hydrogens is 310 g/mol. The molecule has 2 aromatic carbocycles. The van der Waals surface area contributed by atoms with Crippen LogP contribution in [0.4, 0.5) is 0 Å². The Morgan fingerprint density at radius 3 is 2.74 bits per heavy atom. The van der Waals surface area contributed by atoms with Gasteiger partial charge in [-0.25, -0.2) is 0 Å². The summed E-state index contributed by atoms with van der Waals surface area (Å²) >= 11 is 5.92. The SMILES string of the molecule is CCC(C)c1ccccc1OCC(=O)NCc1cccc(Cl)c1. The van der Waals surface area contributed by atoms with Gasteiger partial charge in [-0.15, -0.1) is 0 Å². The standard InChI is InChI=1S/C19H22ClNO2/c1-3-14(2)17-9-4-5-10-18(17)23-13-19(22)21-12-15-7-6-8-16(20)11-15/h4-11,14H,3,12-13H2,1-2H3,(H,21,22). The van der Waals surface area contributed by atoms with Gasteiger partial charge >= 0.3 is 0 Å². The fourth-order valence-electron chi connectivity index (χ4n) is 2.28. The third-order valence-corrected chi connectivity index (χ3v) is 4.03. The molecule has 0 saturated heterocycles. The van der Waals surface area contributed by atoms with Crippen LogP contribution in [-0.2, 0) is 11.3 Å². The predicted octanol–water partition coefficient (Wildman–Crippen LogP) is 4.55. The number of carbonyl (C=O) groups excluding carboxylic acids is 1. The first kappa shape index (κ1) is 17.4. The molecule has 0 aromatic heterocycles. The normalized spacial score (nSPS) is 11.8. The second-order valence-electron chi connectivity index (χ2n) is 5.54.